The second kappa shape index (κ2) is 7.35. The molecule has 0 aromatic heterocycles. The molecular weight excluding hydrogens is 312 g/mol. The number of halogens is 1. The molecule has 2 rings (SSSR count). The maximum absolute atomic E-state index is 12.4. The van der Waals surface area contributed by atoms with Gasteiger partial charge in [-0.1, -0.05) is 50.6 Å². The summed E-state index contributed by atoms with van der Waals surface area (Å²) in [4.78, 5) is 26.6. The second-order valence-corrected chi connectivity index (χ2v) is 7.56. The monoisotopic (exact) mass is 336 g/mol. The fraction of sp³-hybridized carbons (Fsp3) is 0.556. The van der Waals surface area contributed by atoms with E-state index in [0.717, 1.165) is 24.9 Å². The van der Waals surface area contributed by atoms with Crippen molar-refractivity contribution in [2.45, 2.75) is 40.2 Å². The van der Waals surface area contributed by atoms with Crippen molar-refractivity contribution in [3.8, 4) is 0 Å². The van der Waals surface area contributed by atoms with E-state index in [9.17, 15) is 9.59 Å². The van der Waals surface area contributed by atoms with Crippen molar-refractivity contribution in [2.24, 2.45) is 11.3 Å². The van der Waals surface area contributed by atoms with Crippen molar-refractivity contribution in [1.82, 2.24) is 10.2 Å². The number of piperidine rings is 1. The average Bonchev–Trinajstić information content (AvgIpc) is 2.52. The highest BCUT2D eigenvalue weighted by Crippen LogP contribution is 2.24. The lowest BCUT2D eigenvalue weighted by atomic mass is 9.91. The topological polar surface area (TPSA) is 49.4 Å². The van der Waals surface area contributed by atoms with E-state index in [-0.39, 0.29) is 17.7 Å². The molecular formula is C18H25ClN2O2. The van der Waals surface area contributed by atoms with E-state index >= 15 is 0 Å². The molecule has 0 radical (unpaired) electrons. The van der Waals surface area contributed by atoms with E-state index < -0.39 is 5.41 Å². The summed E-state index contributed by atoms with van der Waals surface area (Å²) >= 11 is 6.10. The van der Waals surface area contributed by atoms with Crippen LogP contribution in [0.2, 0.25) is 5.02 Å². The zero-order valence-electron chi connectivity index (χ0n) is 14.1. The van der Waals surface area contributed by atoms with E-state index in [1.54, 1.807) is 0 Å². The van der Waals surface area contributed by atoms with Crippen molar-refractivity contribution in [2.75, 3.05) is 13.1 Å². The predicted molar refractivity (Wildman–Crippen MR) is 92.1 cm³/mol. The van der Waals surface area contributed by atoms with Gasteiger partial charge in [0.1, 0.15) is 0 Å². The number of hydrogen-bond donors (Lipinski definition) is 1. The number of amides is 2. The van der Waals surface area contributed by atoms with Crippen LogP contribution >= 0.6 is 11.6 Å². The Bertz CT molecular complexity index is 581. The quantitative estimate of drug-likeness (QED) is 0.921. The minimum Gasteiger partial charge on any atom is -0.352 e. The zero-order chi connectivity index (χ0) is 17.0. The molecule has 1 aliphatic heterocycles. The molecule has 4 nitrogen and oxygen atoms in total. The summed E-state index contributed by atoms with van der Waals surface area (Å²) in [6.45, 7) is 7.40. The number of carbonyl (C=O) groups excluding carboxylic acids is 2. The summed E-state index contributed by atoms with van der Waals surface area (Å²) < 4.78 is 0. The van der Waals surface area contributed by atoms with E-state index in [4.69, 9.17) is 11.6 Å². The Hall–Kier alpha value is -1.55. The summed E-state index contributed by atoms with van der Waals surface area (Å²) in [5.74, 6) is -0.0324. The summed E-state index contributed by atoms with van der Waals surface area (Å²) in [5, 5.41) is 3.60. The van der Waals surface area contributed by atoms with Gasteiger partial charge in [0.25, 0.3) is 0 Å². The standard InChI is InChI=1S/C18H25ClN2O2/c1-18(2,3)17(23)21-10-6-8-14(12-21)16(22)20-11-13-7-4-5-9-15(13)19/h4-5,7,9,14H,6,8,10-12H2,1-3H3,(H,20,22)/t14-/m0/s1. The SMILES string of the molecule is CC(C)(C)C(=O)N1CCC[C@H](C(=O)NCc2ccccc2Cl)C1. The lowest BCUT2D eigenvalue weighted by Crippen LogP contribution is -2.48. The Labute approximate surface area is 143 Å². The van der Waals surface area contributed by atoms with Crippen LogP contribution in [0.5, 0.6) is 0 Å². The molecule has 5 heteroatoms. The lowest BCUT2D eigenvalue weighted by Gasteiger charge is -2.35. The van der Waals surface area contributed by atoms with Crippen LogP contribution < -0.4 is 5.32 Å². The Morgan fingerprint density at radius 3 is 2.65 bits per heavy atom. The van der Waals surface area contributed by atoms with Crippen LogP contribution in [0, 0.1) is 11.3 Å². The van der Waals surface area contributed by atoms with Gasteiger partial charge in [0.15, 0.2) is 0 Å². The molecule has 1 saturated heterocycles. The van der Waals surface area contributed by atoms with Crippen molar-refractivity contribution >= 4 is 23.4 Å². The van der Waals surface area contributed by atoms with E-state index in [0.29, 0.717) is 18.1 Å². The molecule has 0 saturated carbocycles. The molecule has 0 spiro atoms. The Kier molecular flexibility index (Phi) is 5.69. The van der Waals surface area contributed by atoms with Gasteiger partial charge in [0, 0.05) is 30.1 Å². The molecule has 1 fully saturated rings. The van der Waals surface area contributed by atoms with Gasteiger partial charge in [-0.25, -0.2) is 0 Å². The van der Waals surface area contributed by atoms with Gasteiger partial charge in [-0.05, 0) is 24.5 Å². The molecule has 1 atom stereocenters. The third-order valence-corrected chi connectivity index (χ3v) is 4.50. The van der Waals surface area contributed by atoms with Gasteiger partial charge in [-0.15, -0.1) is 0 Å². The van der Waals surface area contributed by atoms with E-state index in [1.807, 2.05) is 49.9 Å². The highest BCUT2D eigenvalue weighted by molar-refractivity contribution is 6.31. The molecule has 0 bridgehead atoms. The Balaban J connectivity index is 1.92. The second-order valence-electron chi connectivity index (χ2n) is 7.15. The first-order chi connectivity index (χ1) is 10.8. The normalized spacial score (nSPS) is 18.6. The Morgan fingerprint density at radius 2 is 2.00 bits per heavy atom. The molecule has 1 aromatic carbocycles. The highest BCUT2D eigenvalue weighted by atomic mass is 35.5. The molecule has 1 aromatic rings. The molecule has 1 N–H and O–H groups in total. The van der Waals surface area contributed by atoms with Crippen LogP contribution in [0.4, 0.5) is 0 Å². The zero-order valence-corrected chi connectivity index (χ0v) is 14.8. The summed E-state index contributed by atoms with van der Waals surface area (Å²) in [6, 6.07) is 7.48. The number of rotatable bonds is 3. The maximum atomic E-state index is 12.4. The van der Waals surface area contributed by atoms with Crippen LogP contribution in [0.15, 0.2) is 24.3 Å². The number of carbonyl (C=O) groups is 2. The Morgan fingerprint density at radius 1 is 1.30 bits per heavy atom. The van der Waals surface area contributed by atoms with Gasteiger partial charge in [0.2, 0.25) is 11.8 Å². The van der Waals surface area contributed by atoms with Crippen LogP contribution in [0.3, 0.4) is 0 Å². The molecule has 23 heavy (non-hydrogen) atoms. The van der Waals surface area contributed by atoms with Crippen LogP contribution in [0.1, 0.15) is 39.2 Å². The first-order valence-corrected chi connectivity index (χ1v) is 8.47. The number of nitrogens with one attached hydrogen (secondary N) is 1. The summed E-state index contributed by atoms with van der Waals surface area (Å²) in [6.07, 6.45) is 1.69. The van der Waals surface area contributed by atoms with E-state index in [2.05, 4.69) is 5.32 Å². The third kappa shape index (κ3) is 4.71. The van der Waals surface area contributed by atoms with Crippen molar-refractivity contribution in [3.05, 3.63) is 34.9 Å². The lowest BCUT2D eigenvalue weighted by molar-refractivity contribution is -0.142. The number of likely N-dealkylation sites (tertiary alicyclic amines) is 1. The van der Waals surface area contributed by atoms with Gasteiger partial charge in [-0.3, -0.25) is 9.59 Å². The van der Waals surface area contributed by atoms with Gasteiger partial charge in [0.05, 0.1) is 5.92 Å². The minimum absolute atomic E-state index is 0.00340. The van der Waals surface area contributed by atoms with Gasteiger partial charge >= 0.3 is 0 Å². The first kappa shape index (κ1) is 17.8. The fourth-order valence-electron chi connectivity index (χ4n) is 2.82. The molecule has 0 aliphatic carbocycles. The third-order valence-electron chi connectivity index (χ3n) is 4.13. The number of benzene rings is 1. The minimum atomic E-state index is -0.407. The van der Waals surface area contributed by atoms with Gasteiger partial charge in [-0.2, -0.15) is 0 Å². The summed E-state index contributed by atoms with van der Waals surface area (Å²) in [7, 11) is 0. The molecule has 0 unspecified atom stereocenters. The summed E-state index contributed by atoms with van der Waals surface area (Å²) in [5.41, 5.74) is 0.497. The van der Waals surface area contributed by atoms with Crippen LogP contribution in [0.25, 0.3) is 0 Å². The number of nitrogens with zero attached hydrogens (tertiary/aromatic N) is 1. The molecule has 126 valence electrons. The van der Waals surface area contributed by atoms with Crippen LogP contribution in [-0.4, -0.2) is 29.8 Å². The predicted octanol–water partition coefficient (Wildman–Crippen LogP) is 3.24. The van der Waals surface area contributed by atoms with Crippen molar-refractivity contribution in [1.29, 1.82) is 0 Å². The molecule has 1 heterocycles. The van der Waals surface area contributed by atoms with E-state index in [1.165, 1.54) is 0 Å². The molecule has 1 aliphatic rings. The van der Waals surface area contributed by atoms with Crippen molar-refractivity contribution in [3.63, 3.8) is 0 Å². The molecule has 2 amide bonds. The smallest absolute Gasteiger partial charge is 0.227 e. The van der Waals surface area contributed by atoms with Gasteiger partial charge < -0.3 is 10.2 Å². The van der Waals surface area contributed by atoms with Crippen LogP contribution in [-0.2, 0) is 16.1 Å². The first-order valence-electron chi connectivity index (χ1n) is 8.09. The average molecular weight is 337 g/mol. The maximum Gasteiger partial charge on any atom is 0.227 e. The largest absolute Gasteiger partial charge is 0.352 e. The fourth-order valence-corrected chi connectivity index (χ4v) is 3.02. The van der Waals surface area contributed by atoms with Crippen molar-refractivity contribution < 1.29 is 9.59 Å². The number of hydrogen-bond acceptors (Lipinski definition) is 2. The highest BCUT2D eigenvalue weighted by Gasteiger charge is 2.33.